The summed E-state index contributed by atoms with van der Waals surface area (Å²) in [7, 11) is -1.73. The number of hydrogen-bond acceptors (Lipinski definition) is 3. The lowest BCUT2D eigenvalue weighted by atomic mass is 9.94. The fourth-order valence-electron chi connectivity index (χ4n) is 2.29. The second-order valence-corrected chi connectivity index (χ2v) is 8.73. The van der Waals surface area contributed by atoms with Crippen molar-refractivity contribution in [3.05, 3.63) is 28.2 Å². The summed E-state index contributed by atoms with van der Waals surface area (Å²) < 4.78 is 27.4. The van der Waals surface area contributed by atoms with Crippen molar-refractivity contribution in [3.8, 4) is 0 Å². The summed E-state index contributed by atoms with van der Waals surface area (Å²) in [6, 6.07) is 6.02. The van der Waals surface area contributed by atoms with Crippen LogP contribution in [0.15, 0.2) is 27.6 Å². The molecule has 0 amide bonds. The minimum absolute atomic E-state index is 0.157. The zero-order valence-corrected chi connectivity index (χ0v) is 15.2. The average molecular weight is 375 g/mol. The molecule has 1 fully saturated rings. The minimum atomic E-state index is -3.41. The van der Waals surface area contributed by atoms with Gasteiger partial charge in [0.2, 0.25) is 10.0 Å². The van der Waals surface area contributed by atoms with Gasteiger partial charge in [0.15, 0.2) is 0 Å². The highest BCUT2D eigenvalue weighted by Gasteiger charge is 2.32. The maximum absolute atomic E-state index is 12.6. The van der Waals surface area contributed by atoms with Crippen molar-refractivity contribution in [2.24, 2.45) is 0 Å². The molecule has 0 saturated heterocycles. The van der Waals surface area contributed by atoms with Crippen molar-refractivity contribution in [2.45, 2.75) is 56.6 Å². The largest absolute Gasteiger partial charge is 0.310 e. The third-order valence-corrected chi connectivity index (χ3v) is 6.84. The highest BCUT2D eigenvalue weighted by molar-refractivity contribution is 9.10. The fraction of sp³-hybridized carbons (Fsp3) is 0.600. The molecular weight excluding hydrogens is 352 g/mol. The number of nitrogens with zero attached hydrogens (tertiary/aromatic N) is 1. The first-order valence-corrected chi connectivity index (χ1v) is 9.55. The minimum Gasteiger partial charge on any atom is -0.310 e. The van der Waals surface area contributed by atoms with Gasteiger partial charge in [-0.05, 0) is 46.5 Å². The van der Waals surface area contributed by atoms with Gasteiger partial charge < -0.3 is 5.32 Å². The van der Waals surface area contributed by atoms with Crippen LogP contribution in [0.3, 0.4) is 0 Å². The molecule has 2 rings (SSSR count). The number of benzene rings is 1. The predicted molar refractivity (Wildman–Crippen MR) is 88.7 cm³/mol. The third-order valence-electron chi connectivity index (χ3n) is 3.96. The topological polar surface area (TPSA) is 49.4 Å². The van der Waals surface area contributed by atoms with E-state index in [0.29, 0.717) is 15.4 Å². The third kappa shape index (κ3) is 3.86. The van der Waals surface area contributed by atoms with Gasteiger partial charge in [-0.1, -0.05) is 26.3 Å². The van der Waals surface area contributed by atoms with Crippen LogP contribution in [0, 0.1) is 0 Å². The second-order valence-electron chi connectivity index (χ2n) is 5.91. The Morgan fingerprint density at radius 1 is 1.38 bits per heavy atom. The Labute approximate surface area is 136 Å². The van der Waals surface area contributed by atoms with Crippen molar-refractivity contribution in [1.29, 1.82) is 0 Å². The summed E-state index contributed by atoms with van der Waals surface area (Å²) in [6.07, 6.45) is 3.04. The Balaban J connectivity index is 2.19. The van der Waals surface area contributed by atoms with Crippen LogP contribution in [-0.2, 0) is 16.6 Å². The molecule has 118 valence electrons. The summed E-state index contributed by atoms with van der Waals surface area (Å²) in [5.41, 5.74) is 1.07. The van der Waals surface area contributed by atoms with E-state index in [1.54, 1.807) is 13.1 Å². The Morgan fingerprint density at radius 2 is 2.05 bits per heavy atom. The molecule has 1 aromatic carbocycles. The molecule has 0 heterocycles. The monoisotopic (exact) mass is 374 g/mol. The van der Waals surface area contributed by atoms with Gasteiger partial charge in [0.25, 0.3) is 0 Å². The Morgan fingerprint density at radius 3 is 2.52 bits per heavy atom. The lowest BCUT2D eigenvalue weighted by molar-refractivity contribution is 0.249. The van der Waals surface area contributed by atoms with Gasteiger partial charge in [-0.15, -0.1) is 0 Å². The average Bonchev–Trinajstić information content (AvgIpc) is 2.33. The molecular formula is C15H23BrN2O2S. The maximum atomic E-state index is 12.6. The molecule has 1 aliphatic rings. The van der Waals surface area contributed by atoms with Gasteiger partial charge in [0.1, 0.15) is 0 Å². The van der Waals surface area contributed by atoms with Gasteiger partial charge in [-0.2, -0.15) is 4.31 Å². The van der Waals surface area contributed by atoms with Crippen LogP contribution < -0.4 is 5.32 Å². The Kier molecular flexibility index (Phi) is 5.46. The van der Waals surface area contributed by atoms with E-state index < -0.39 is 10.0 Å². The van der Waals surface area contributed by atoms with Crippen LogP contribution in [0.4, 0.5) is 0 Å². The summed E-state index contributed by atoms with van der Waals surface area (Å²) in [5.74, 6) is 0. The summed E-state index contributed by atoms with van der Waals surface area (Å²) in [4.78, 5) is 0.352. The molecule has 1 aliphatic carbocycles. The SMILES string of the molecule is CC(C)NCc1ccc(S(=O)(=O)N(C)C2CCC2)c(Br)c1. The van der Waals surface area contributed by atoms with Crippen LogP contribution >= 0.6 is 15.9 Å². The first kappa shape index (κ1) is 16.9. The highest BCUT2D eigenvalue weighted by Crippen LogP contribution is 2.31. The van der Waals surface area contributed by atoms with E-state index in [0.717, 1.165) is 31.4 Å². The molecule has 0 radical (unpaired) electrons. The summed E-state index contributed by atoms with van der Waals surface area (Å²) in [5, 5.41) is 3.33. The number of nitrogens with one attached hydrogen (secondary N) is 1. The van der Waals surface area contributed by atoms with E-state index in [-0.39, 0.29) is 6.04 Å². The number of hydrogen-bond donors (Lipinski definition) is 1. The second kappa shape index (κ2) is 6.77. The van der Waals surface area contributed by atoms with E-state index >= 15 is 0 Å². The zero-order chi connectivity index (χ0) is 15.6. The number of halogens is 1. The van der Waals surface area contributed by atoms with Crippen LogP contribution in [0.1, 0.15) is 38.7 Å². The van der Waals surface area contributed by atoms with Gasteiger partial charge in [0.05, 0.1) is 4.90 Å². The first-order chi connectivity index (χ1) is 9.82. The number of rotatable bonds is 6. The van der Waals surface area contributed by atoms with Crippen LogP contribution in [0.2, 0.25) is 0 Å². The molecule has 0 unspecified atom stereocenters. The lowest BCUT2D eigenvalue weighted by Crippen LogP contribution is -2.41. The van der Waals surface area contributed by atoms with Crippen molar-refractivity contribution >= 4 is 26.0 Å². The quantitative estimate of drug-likeness (QED) is 0.831. The van der Waals surface area contributed by atoms with Gasteiger partial charge >= 0.3 is 0 Å². The maximum Gasteiger partial charge on any atom is 0.244 e. The molecule has 4 nitrogen and oxygen atoms in total. The Bertz CT molecular complexity index is 598. The first-order valence-electron chi connectivity index (χ1n) is 7.32. The predicted octanol–water partition coefficient (Wildman–Crippen LogP) is 3.12. The van der Waals surface area contributed by atoms with E-state index in [4.69, 9.17) is 0 Å². The molecule has 21 heavy (non-hydrogen) atoms. The number of sulfonamides is 1. The van der Waals surface area contributed by atoms with E-state index in [9.17, 15) is 8.42 Å². The fourth-order valence-corrected chi connectivity index (χ4v) is 4.79. The normalized spacial score (nSPS) is 16.5. The van der Waals surface area contributed by atoms with Crippen molar-refractivity contribution < 1.29 is 8.42 Å². The molecule has 0 aromatic heterocycles. The van der Waals surface area contributed by atoms with Gasteiger partial charge in [-0.3, -0.25) is 0 Å². The summed E-state index contributed by atoms with van der Waals surface area (Å²) >= 11 is 3.41. The summed E-state index contributed by atoms with van der Waals surface area (Å²) in [6.45, 7) is 4.90. The lowest BCUT2D eigenvalue weighted by Gasteiger charge is -2.34. The Hall–Kier alpha value is -0.430. The molecule has 6 heteroatoms. The van der Waals surface area contributed by atoms with Crippen LogP contribution in [0.5, 0.6) is 0 Å². The van der Waals surface area contributed by atoms with Crippen molar-refractivity contribution in [3.63, 3.8) is 0 Å². The molecule has 1 N–H and O–H groups in total. The van der Waals surface area contributed by atoms with E-state index in [2.05, 4.69) is 35.1 Å². The molecule has 1 aromatic rings. The van der Waals surface area contributed by atoms with Crippen molar-refractivity contribution in [2.75, 3.05) is 7.05 Å². The molecule has 0 spiro atoms. The van der Waals surface area contributed by atoms with E-state index in [1.165, 1.54) is 4.31 Å². The molecule has 0 bridgehead atoms. The molecule has 0 atom stereocenters. The van der Waals surface area contributed by atoms with Gasteiger partial charge in [-0.25, -0.2) is 8.42 Å². The smallest absolute Gasteiger partial charge is 0.244 e. The van der Waals surface area contributed by atoms with Crippen LogP contribution in [-0.4, -0.2) is 31.9 Å². The van der Waals surface area contributed by atoms with Crippen LogP contribution in [0.25, 0.3) is 0 Å². The van der Waals surface area contributed by atoms with Gasteiger partial charge in [0, 0.05) is 30.1 Å². The zero-order valence-electron chi connectivity index (χ0n) is 12.8. The standard InChI is InChI=1S/C15H23BrN2O2S/c1-11(2)17-10-12-7-8-15(14(16)9-12)21(19,20)18(3)13-5-4-6-13/h7-9,11,13,17H,4-6,10H2,1-3H3. The van der Waals surface area contributed by atoms with Crippen molar-refractivity contribution in [1.82, 2.24) is 9.62 Å². The highest BCUT2D eigenvalue weighted by atomic mass is 79.9. The molecule has 1 saturated carbocycles. The van der Waals surface area contributed by atoms with E-state index in [1.807, 2.05) is 12.1 Å². The molecule has 0 aliphatic heterocycles.